The molecule has 0 amide bonds. The van der Waals surface area contributed by atoms with E-state index in [0.717, 1.165) is 17.8 Å². The number of aromatic amines is 1. The van der Waals surface area contributed by atoms with Crippen LogP contribution in [0.3, 0.4) is 0 Å². The Morgan fingerprint density at radius 1 is 1.41 bits per heavy atom. The van der Waals surface area contributed by atoms with Gasteiger partial charge in [0.25, 0.3) is 0 Å². The van der Waals surface area contributed by atoms with Gasteiger partial charge in [-0.1, -0.05) is 36.4 Å². The summed E-state index contributed by atoms with van der Waals surface area (Å²) < 4.78 is 0. The number of nitrogens with zero attached hydrogens (tertiary/aromatic N) is 1. The minimum atomic E-state index is 0.300. The Hall–Kier alpha value is -1.87. The number of hydrogen-bond acceptors (Lipinski definition) is 2. The highest BCUT2D eigenvalue weighted by molar-refractivity contribution is 5.62. The zero-order valence-electron chi connectivity index (χ0n) is 9.98. The highest BCUT2D eigenvalue weighted by Gasteiger charge is 2.07. The molecule has 0 saturated heterocycles. The summed E-state index contributed by atoms with van der Waals surface area (Å²) in [6, 6.07) is 10.5. The number of nitrogens with one attached hydrogen (secondary N) is 2. The van der Waals surface area contributed by atoms with E-state index in [2.05, 4.69) is 41.1 Å². The molecule has 0 radical (unpaired) electrons. The van der Waals surface area contributed by atoms with E-state index < -0.39 is 0 Å². The maximum absolute atomic E-state index is 4.11. The highest BCUT2D eigenvalue weighted by Crippen LogP contribution is 2.20. The van der Waals surface area contributed by atoms with Crippen LogP contribution in [0.5, 0.6) is 0 Å². The molecule has 1 aromatic carbocycles. The van der Waals surface area contributed by atoms with E-state index in [1.807, 2.05) is 30.5 Å². The number of benzene rings is 1. The van der Waals surface area contributed by atoms with Crippen LogP contribution < -0.4 is 5.32 Å². The minimum absolute atomic E-state index is 0.300. The summed E-state index contributed by atoms with van der Waals surface area (Å²) in [7, 11) is 0. The van der Waals surface area contributed by atoms with Crippen molar-refractivity contribution in [1.29, 1.82) is 0 Å². The molecular weight excluding hydrogens is 210 g/mol. The predicted octanol–water partition coefficient (Wildman–Crippen LogP) is 2.74. The van der Waals surface area contributed by atoms with Crippen molar-refractivity contribution in [2.75, 3.05) is 0 Å². The molecule has 1 atom stereocenters. The van der Waals surface area contributed by atoms with Crippen molar-refractivity contribution < 1.29 is 0 Å². The fraction of sp³-hybridized carbons (Fsp3) is 0.214. The molecule has 1 unspecified atom stereocenters. The van der Waals surface area contributed by atoms with Gasteiger partial charge in [-0.3, -0.25) is 5.10 Å². The van der Waals surface area contributed by atoms with Gasteiger partial charge in [-0.15, -0.1) is 6.58 Å². The highest BCUT2D eigenvalue weighted by atomic mass is 15.1. The van der Waals surface area contributed by atoms with Crippen LogP contribution in [0.4, 0.5) is 0 Å². The third kappa shape index (κ3) is 2.82. The molecule has 0 spiro atoms. The number of H-pyrrole nitrogens is 1. The van der Waals surface area contributed by atoms with Crippen LogP contribution in [0.15, 0.2) is 49.2 Å². The first kappa shape index (κ1) is 11.6. The van der Waals surface area contributed by atoms with E-state index in [0.29, 0.717) is 6.04 Å². The molecular formula is C14H17N3. The van der Waals surface area contributed by atoms with Crippen LogP contribution in [-0.2, 0) is 6.54 Å². The molecule has 88 valence electrons. The summed E-state index contributed by atoms with van der Waals surface area (Å²) in [5.41, 5.74) is 3.41. The molecule has 1 heterocycles. The minimum Gasteiger partial charge on any atom is -0.307 e. The Bertz CT molecular complexity index is 473. The largest absolute Gasteiger partial charge is 0.307 e. The summed E-state index contributed by atoms with van der Waals surface area (Å²) >= 11 is 0. The molecule has 3 nitrogen and oxygen atoms in total. The SMILES string of the molecule is C=CC(C)NCc1cn[nH]c1-c1ccccc1. The van der Waals surface area contributed by atoms with Gasteiger partial charge in [-0.2, -0.15) is 5.10 Å². The van der Waals surface area contributed by atoms with Crippen molar-refractivity contribution in [1.82, 2.24) is 15.5 Å². The molecule has 17 heavy (non-hydrogen) atoms. The summed E-state index contributed by atoms with van der Waals surface area (Å²) in [4.78, 5) is 0. The summed E-state index contributed by atoms with van der Waals surface area (Å²) in [5.74, 6) is 0. The van der Waals surface area contributed by atoms with Crippen LogP contribution in [0.25, 0.3) is 11.3 Å². The fourth-order valence-corrected chi connectivity index (χ4v) is 1.65. The van der Waals surface area contributed by atoms with Gasteiger partial charge in [0.2, 0.25) is 0 Å². The van der Waals surface area contributed by atoms with Gasteiger partial charge in [0.15, 0.2) is 0 Å². The van der Waals surface area contributed by atoms with Crippen molar-refractivity contribution in [3.05, 3.63) is 54.7 Å². The average molecular weight is 227 g/mol. The first-order chi connectivity index (χ1) is 8.31. The Morgan fingerprint density at radius 3 is 2.88 bits per heavy atom. The molecule has 2 N–H and O–H groups in total. The quantitative estimate of drug-likeness (QED) is 0.771. The Kier molecular flexibility index (Phi) is 3.73. The lowest BCUT2D eigenvalue weighted by molar-refractivity contribution is 0.635. The van der Waals surface area contributed by atoms with Crippen LogP contribution in [0.1, 0.15) is 12.5 Å². The lowest BCUT2D eigenvalue weighted by Gasteiger charge is -2.09. The van der Waals surface area contributed by atoms with Crippen molar-refractivity contribution in [2.45, 2.75) is 19.5 Å². The van der Waals surface area contributed by atoms with Gasteiger partial charge in [0.05, 0.1) is 11.9 Å². The molecule has 0 saturated carbocycles. The topological polar surface area (TPSA) is 40.7 Å². The van der Waals surface area contributed by atoms with Gasteiger partial charge in [0, 0.05) is 18.2 Å². The van der Waals surface area contributed by atoms with Crippen molar-refractivity contribution >= 4 is 0 Å². The first-order valence-electron chi connectivity index (χ1n) is 5.75. The third-order valence-corrected chi connectivity index (χ3v) is 2.75. The monoisotopic (exact) mass is 227 g/mol. The zero-order chi connectivity index (χ0) is 12.1. The summed E-state index contributed by atoms with van der Waals surface area (Å²) in [6.45, 7) is 6.62. The van der Waals surface area contributed by atoms with Crippen LogP contribution in [0, 0.1) is 0 Å². The number of aromatic nitrogens is 2. The molecule has 0 aliphatic rings. The van der Waals surface area contributed by atoms with E-state index in [1.54, 1.807) is 0 Å². The van der Waals surface area contributed by atoms with Gasteiger partial charge < -0.3 is 5.32 Å². The van der Waals surface area contributed by atoms with Crippen LogP contribution in [0.2, 0.25) is 0 Å². The van der Waals surface area contributed by atoms with Crippen LogP contribution >= 0.6 is 0 Å². The summed E-state index contributed by atoms with van der Waals surface area (Å²) in [6.07, 6.45) is 3.76. The number of hydrogen-bond donors (Lipinski definition) is 2. The molecule has 0 bridgehead atoms. The Morgan fingerprint density at radius 2 is 2.18 bits per heavy atom. The standard InChI is InChI=1S/C14H17N3/c1-3-11(2)15-9-13-10-16-17-14(13)12-7-5-4-6-8-12/h3-8,10-11,15H,1,9H2,2H3,(H,16,17). The maximum atomic E-state index is 4.11. The lowest BCUT2D eigenvalue weighted by atomic mass is 10.1. The molecule has 0 fully saturated rings. The van der Waals surface area contributed by atoms with Gasteiger partial charge in [0.1, 0.15) is 0 Å². The number of rotatable bonds is 5. The molecule has 2 rings (SSSR count). The molecule has 3 heteroatoms. The normalized spacial score (nSPS) is 12.3. The average Bonchev–Trinajstić information content (AvgIpc) is 2.85. The van der Waals surface area contributed by atoms with Crippen molar-refractivity contribution in [3.63, 3.8) is 0 Å². The molecule has 0 aliphatic carbocycles. The Labute approximate surface area is 102 Å². The molecule has 2 aromatic rings. The lowest BCUT2D eigenvalue weighted by Crippen LogP contribution is -2.22. The smallest absolute Gasteiger partial charge is 0.0695 e. The van der Waals surface area contributed by atoms with Crippen molar-refractivity contribution in [2.24, 2.45) is 0 Å². The maximum Gasteiger partial charge on any atom is 0.0695 e. The summed E-state index contributed by atoms with van der Waals surface area (Å²) in [5, 5.41) is 10.5. The first-order valence-corrected chi connectivity index (χ1v) is 5.75. The van der Waals surface area contributed by atoms with Crippen molar-refractivity contribution in [3.8, 4) is 11.3 Å². The second-order valence-corrected chi connectivity index (χ2v) is 4.04. The van der Waals surface area contributed by atoms with Gasteiger partial charge in [-0.05, 0) is 12.5 Å². The molecule has 0 aliphatic heterocycles. The predicted molar refractivity (Wildman–Crippen MR) is 70.5 cm³/mol. The van der Waals surface area contributed by atoms with Crippen LogP contribution in [-0.4, -0.2) is 16.2 Å². The van der Waals surface area contributed by atoms with E-state index in [1.165, 1.54) is 5.56 Å². The Balaban J connectivity index is 2.15. The molecule has 1 aromatic heterocycles. The van der Waals surface area contributed by atoms with Gasteiger partial charge >= 0.3 is 0 Å². The fourth-order valence-electron chi connectivity index (χ4n) is 1.65. The second-order valence-electron chi connectivity index (χ2n) is 4.04. The zero-order valence-corrected chi connectivity index (χ0v) is 9.98. The van der Waals surface area contributed by atoms with E-state index in [4.69, 9.17) is 0 Å². The van der Waals surface area contributed by atoms with E-state index >= 15 is 0 Å². The van der Waals surface area contributed by atoms with Gasteiger partial charge in [-0.25, -0.2) is 0 Å². The van der Waals surface area contributed by atoms with E-state index in [-0.39, 0.29) is 0 Å². The third-order valence-electron chi connectivity index (χ3n) is 2.75. The van der Waals surface area contributed by atoms with E-state index in [9.17, 15) is 0 Å². The second kappa shape index (κ2) is 5.46.